The maximum atomic E-state index is 12.1. The van der Waals surface area contributed by atoms with Crippen LogP contribution in [0.1, 0.15) is 17.8 Å². The molecule has 0 saturated carbocycles. The van der Waals surface area contributed by atoms with Crippen LogP contribution in [0.2, 0.25) is 0 Å². The Morgan fingerprint density at radius 2 is 2.20 bits per heavy atom. The molecule has 1 fully saturated rings. The van der Waals surface area contributed by atoms with Crippen molar-refractivity contribution in [3.05, 3.63) is 11.4 Å². The molecule has 1 amide bonds. The Bertz CT molecular complexity index is 482. The van der Waals surface area contributed by atoms with Crippen LogP contribution in [0.15, 0.2) is 0 Å². The molecule has 20 heavy (non-hydrogen) atoms. The number of nitrogens with zero attached hydrogens (tertiary/aromatic N) is 3. The normalized spacial score (nSPS) is 19.5. The summed E-state index contributed by atoms with van der Waals surface area (Å²) in [5, 5.41) is 10.5. The Hall–Kier alpha value is -1.40. The van der Waals surface area contributed by atoms with Gasteiger partial charge in [-0.15, -0.1) is 0 Å². The van der Waals surface area contributed by atoms with Crippen LogP contribution >= 0.6 is 0 Å². The topological polar surface area (TPSA) is 62.2 Å². The molecular weight excluding hydrogens is 254 g/mol. The van der Waals surface area contributed by atoms with Crippen molar-refractivity contribution in [1.29, 1.82) is 0 Å². The highest BCUT2D eigenvalue weighted by atomic mass is 16.2. The number of aromatic nitrogens is 2. The summed E-state index contributed by atoms with van der Waals surface area (Å²) in [5.74, 6) is 0.712. The van der Waals surface area contributed by atoms with E-state index in [1.54, 1.807) is 4.68 Å². The SMILES string of the molecule is CNCC1CCN(CC(=O)Nc2c(C)nn(C)c2C)C1. The Kier molecular flexibility index (Phi) is 4.77. The lowest BCUT2D eigenvalue weighted by Gasteiger charge is -2.15. The van der Waals surface area contributed by atoms with Crippen molar-refractivity contribution in [1.82, 2.24) is 20.0 Å². The summed E-state index contributed by atoms with van der Waals surface area (Å²) >= 11 is 0. The predicted molar refractivity (Wildman–Crippen MR) is 79.8 cm³/mol. The van der Waals surface area contributed by atoms with E-state index in [-0.39, 0.29) is 5.91 Å². The van der Waals surface area contributed by atoms with Crippen LogP contribution < -0.4 is 10.6 Å². The largest absolute Gasteiger partial charge is 0.322 e. The van der Waals surface area contributed by atoms with Crippen LogP contribution in [0.3, 0.4) is 0 Å². The molecule has 0 bridgehead atoms. The van der Waals surface area contributed by atoms with Gasteiger partial charge in [0.1, 0.15) is 0 Å². The van der Waals surface area contributed by atoms with Crippen LogP contribution in [0, 0.1) is 19.8 Å². The van der Waals surface area contributed by atoms with Crippen molar-refractivity contribution in [2.24, 2.45) is 13.0 Å². The summed E-state index contributed by atoms with van der Waals surface area (Å²) in [6.07, 6.45) is 1.17. The van der Waals surface area contributed by atoms with Crippen molar-refractivity contribution in [3.63, 3.8) is 0 Å². The van der Waals surface area contributed by atoms with E-state index in [0.29, 0.717) is 12.5 Å². The number of likely N-dealkylation sites (tertiary alicyclic amines) is 1. The van der Waals surface area contributed by atoms with E-state index >= 15 is 0 Å². The average Bonchev–Trinajstić information content (AvgIpc) is 2.91. The Balaban J connectivity index is 1.87. The number of amides is 1. The molecular formula is C14H25N5O. The summed E-state index contributed by atoms with van der Waals surface area (Å²) in [6.45, 7) is 7.38. The van der Waals surface area contributed by atoms with Gasteiger partial charge < -0.3 is 10.6 Å². The highest BCUT2D eigenvalue weighted by Gasteiger charge is 2.24. The van der Waals surface area contributed by atoms with Gasteiger partial charge in [0.2, 0.25) is 5.91 Å². The summed E-state index contributed by atoms with van der Waals surface area (Å²) in [4.78, 5) is 14.4. The monoisotopic (exact) mass is 279 g/mol. The number of anilines is 1. The summed E-state index contributed by atoms with van der Waals surface area (Å²) in [7, 11) is 3.87. The zero-order valence-corrected chi connectivity index (χ0v) is 12.9. The maximum absolute atomic E-state index is 12.1. The minimum Gasteiger partial charge on any atom is -0.322 e. The van der Waals surface area contributed by atoms with Crippen LogP contribution in [0.25, 0.3) is 0 Å². The van der Waals surface area contributed by atoms with Crippen molar-refractivity contribution >= 4 is 11.6 Å². The summed E-state index contributed by atoms with van der Waals surface area (Å²) in [6, 6.07) is 0. The third kappa shape index (κ3) is 3.37. The van der Waals surface area contributed by atoms with Gasteiger partial charge in [0.25, 0.3) is 0 Å². The molecule has 1 atom stereocenters. The molecule has 6 nitrogen and oxygen atoms in total. The molecule has 1 aliphatic heterocycles. The fourth-order valence-electron chi connectivity index (χ4n) is 2.85. The number of carbonyl (C=O) groups is 1. The van der Waals surface area contributed by atoms with Gasteiger partial charge in [-0.05, 0) is 46.3 Å². The number of aryl methyl sites for hydroxylation is 2. The number of carbonyl (C=O) groups excluding carboxylic acids is 1. The second-order valence-corrected chi connectivity index (χ2v) is 5.67. The first-order valence-corrected chi connectivity index (χ1v) is 7.18. The Labute approximate surface area is 120 Å². The second-order valence-electron chi connectivity index (χ2n) is 5.67. The number of rotatable bonds is 5. The lowest BCUT2D eigenvalue weighted by Crippen LogP contribution is -2.32. The number of nitrogens with one attached hydrogen (secondary N) is 2. The molecule has 112 valence electrons. The fraction of sp³-hybridized carbons (Fsp3) is 0.714. The fourth-order valence-corrected chi connectivity index (χ4v) is 2.85. The van der Waals surface area contributed by atoms with Crippen LogP contribution in [-0.4, -0.2) is 53.8 Å². The molecule has 1 unspecified atom stereocenters. The third-order valence-electron chi connectivity index (χ3n) is 4.00. The molecule has 6 heteroatoms. The first kappa shape index (κ1) is 15.0. The average molecular weight is 279 g/mol. The van der Waals surface area contributed by atoms with Crippen LogP contribution in [-0.2, 0) is 11.8 Å². The molecule has 1 aromatic heterocycles. The van der Waals surface area contributed by atoms with Crippen LogP contribution in [0.5, 0.6) is 0 Å². The lowest BCUT2D eigenvalue weighted by atomic mass is 10.1. The summed E-state index contributed by atoms with van der Waals surface area (Å²) < 4.78 is 1.80. The standard InChI is InChI=1S/C14H25N5O/c1-10-14(11(2)18(4)17-10)16-13(20)9-19-6-5-12(8-19)7-15-3/h12,15H,5-9H2,1-4H3,(H,16,20). The molecule has 0 spiro atoms. The zero-order chi connectivity index (χ0) is 14.7. The Morgan fingerprint density at radius 3 is 2.80 bits per heavy atom. The molecule has 1 saturated heterocycles. The molecule has 2 rings (SSSR count). The molecule has 1 aromatic rings. The van der Waals surface area contributed by atoms with E-state index in [4.69, 9.17) is 0 Å². The number of hydrogen-bond donors (Lipinski definition) is 2. The van der Waals surface area contributed by atoms with Gasteiger partial charge in [-0.3, -0.25) is 14.4 Å². The van der Waals surface area contributed by atoms with E-state index in [9.17, 15) is 4.79 Å². The van der Waals surface area contributed by atoms with Gasteiger partial charge in [0.05, 0.1) is 23.6 Å². The van der Waals surface area contributed by atoms with E-state index in [1.807, 2.05) is 27.9 Å². The van der Waals surface area contributed by atoms with Crippen molar-refractivity contribution in [3.8, 4) is 0 Å². The minimum atomic E-state index is 0.0503. The first-order chi connectivity index (χ1) is 9.51. The van der Waals surface area contributed by atoms with Gasteiger partial charge in [-0.2, -0.15) is 5.10 Å². The molecule has 0 radical (unpaired) electrons. The smallest absolute Gasteiger partial charge is 0.238 e. The van der Waals surface area contributed by atoms with Crippen LogP contribution in [0.4, 0.5) is 5.69 Å². The number of hydrogen-bond acceptors (Lipinski definition) is 4. The van der Waals surface area contributed by atoms with Gasteiger partial charge in [-0.1, -0.05) is 0 Å². The van der Waals surface area contributed by atoms with E-state index in [1.165, 1.54) is 6.42 Å². The molecule has 2 heterocycles. The maximum Gasteiger partial charge on any atom is 0.238 e. The van der Waals surface area contributed by atoms with Gasteiger partial charge in [-0.25, -0.2) is 0 Å². The van der Waals surface area contributed by atoms with Crippen molar-refractivity contribution < 1.29 is 4.79 Å². The van der Waals surface area contributed by atoms with Crippen molar-refractivity contribution in [2.75, 3.05) is 38.5 Å². The summed E-state index contributed by atoms with van der Waals surface area (Å²) in [5.41, 5.74) is 2.71. The molecule has 2 N–H and O–H groups in total. The predicted octanol–water partition coefficient (Wildman–Crippen LogP) is 0.517. The third-order valence-corrected chi connectivity index (χ3v) is 4.00. The van der Waals surface area contributed by atoms with Gasteiger partial charge in [0, 0.05) is 13.6 Å². The highest BCUT2D eigenvalue weighted by Crippen LogP contribution is 2.19. The van der Waals surface area contributed by atoms with Gasteiger partial charge in [0.15, 0.2) is 0 Å². The van der Waals surface area contributed by atoms with Crippen molar-refractivity contribution in [2.45, 2.75) is 20.3 Å². The highest BCUT2D eigenvalue weighted by molar-refractivity contribution is 5.93. The quantitative estimate of drug-likeness (QED) is 0.825. The first-order valence-electron chi connectivity index (χ1n) is 7.18. The Morgan fingerprint density at radius 1 is 1.45 bits per heavy atom. The molecule has 0 aromatic carbocycles. The molecule has 0 aliphatic carbocycles. The second kappa shape index (κ2) is 6.37. The van der Waals surface area contributed by atoms with Gasteiger partial charge >= 0.3 is 0 Å². The lowest BCUT2D eigenvalue weighted by molar-refractivity contribution is -0.117. The minimum absolute atomic E-state index is 0.0503. The zero-order valence-electron chi connectivity index (χ0n) is 12.9. The van der Waals surface area contributed by atoms with E-state index in [0.717, 1.165) is 36.7 Å². The molecule has 1 aliphatic rings. The van der Waals surface area contributed by atoms with E-state index in [2.05, 4.69) is 20.6 Å². The van der Waals surface area contributed by atoms with E-state index < -0.39 is 0 Å².